The predicted octanol–water partition coefficient (Wildman–Crippen LogP) is 2.55. The van der Waals surface area contributed by atoms with Gasteiger partial charge in [0.25, 0.3) is 0 Å². The largest absolute Gasteiger partial charge is 0.380 e. The molecule has 1 atom stereocenters. The minimum Gasteiger partial charge on any atom is -0.380 e. The van der Waals surface area contributed by atoms with Crippen molar-refractivity contribution in [2.45, 2.75) is 45.3 Å². The molecule has 1 N–H and O–H groups in total. The Labute approximate surface area is 97.7 Å². The normalized spacial score (nSPS) is 13.0. The molecule has 0 aromatic heterocycles. The van der Waals surface area contributed by atoms with Gasteiger partial charge >= 0.3 is 0 Å². The highest BCUT2D eigenvalue weighted by Crippen LogP contribution is 2.02. The summed E-state index contributed by atoms with van der Waals surface area (Å²) >= 11 is 5.45. The van der Waals surface area contributed by atoms with Gasteiger partial charge in [-0.15, -0.1) is 11.6 Å². The summed E-state index contributed by atoms with van der Waals surface area (Å²) in [5, 5.41) is 9.35. The lowest BCUT2D eigenvalue weighted by Crippen LogP contribution is -2.12. The Balaban J connectivity index is 3.02. The monoisotopic (exact) mass is 238 g/mol. The molecule has 1 unspecified atom stereocenters. The zero-order chi connectivity index (χ0) is 11.4. The molecule has 0 bridgehead atoms. The van der Waals surface area contributed by atoms with Crippen LogP contribution in [0.25, 0.3) is 0 Å². The summed E-state index contributed by atoms with van der Waals surface area (Å²) in [5.74, 6) is 0.548. The topological polar surface area (TPSA) is 38.7 Å². The second-order valence-electron chi connectivity index (χ2n) is 3.48. The second-order valence-corrected chi connectivity index (χ2v) is 3.85. The maximum Gasteiger partial charge on any atom is 0.154 e. The molecule has 0 amide bonds. The van der Waals surface area contributed by atoms with Gasteiger partial charge in [-0.3, -0.25) is 0 Å². The third kappa shape index (κ3) is 12.1. The molecular formula is C11H23ClO3. The fourth-order valence-electron chi connectivity index (χ4n) is 1.14. The standard InChI is InChI=1S/C11H23ClO3/c1-2-3-6-11(13)15-9-5-4-8-14-10-7-12/h11,13H,2-10H2,1H3. The number of unbranched alkanes of at least 4 members (excludes halogenated alkanes) is 2. The lowest BCUT2D eigenvalue weighted by molar-refractivity contribution is -0.105. The SMILES string of the molecule is CCCCC(O)OCCCCOCCCl. The molecule has 0 aliphatic rings. The molecule has 15 heavy (non-hydrogen) atoms. The van der Waals surface area contributed by atoms with Crippen LogP contribution in [0.4, 0.5) is 0 Å². The Morgan fingerprint density at radius 3 is 2.53 bits per heavy atom. The summed E-state index contributed by atoms with van der Waals surface area (Å²) in [4.78, 5) is 0. The first-order chi connectivity index (χ1) is 7.31. The lowest BCUT2D eigenvalue weighted by Gasteiger charge is -2.11. The third-order valence-corrected chi connectivity index (χ3v) is 2.17. The van der Waals surface area contributed by atoms with Crippen molar-refractivity contribution in [3.05, 3.63) is 0 Å². The Morgan fingerprint density at radius 1 is 1.13 bits per heavy atom. The van der Waals surface area contributed by atoms with Crippen molar-refractivity contribution < 1.29 is 14.6 Å². The van der Waals surface area contributed by atoms with Crippen molar-refractivity contribution >= 4 is 11.6 Å². The van der Waals surface area contributed by atoms with Crippen LogP contribution in [0.3, 0.4) is 0 Å². The van der Waals surface area contributed by atoms with Crippen LogP contribution in [0, 0.1) is 0 Å². The molecule has 0 spiro atoms. The summed E-state index contributed by atoms with van der Waals surface area (Å²) in [7, 11) is 0. The molecule has 0 rings (SSSR count). The van der Waals surface area contributed by atoms with E-state index in [2.05, 4.69) is 6.92 Å². The molecule has 0 aliphatic heterocycles. The maximum atomic E-state index is 9.35. The number of ether oxygens (including phenoxy) is 2. The van der Waals surface area contributed by atoms with Crippen molar-refractivity contribution in [1.29, 1.82) is 0 Å². The molecule has 0 aromatic rings. The van der Waals surface area contributed by atoms with Crippen LogP contribution >= 0.6 is 11.6 Å². The van der Waals surface area contributed by atoms with Crippen LogP contribution in [-0.2, 0) is 9.47 Å². The summed E-state index contributed by atoms with van der Waals surface area (Å²) in [6.07, 6.45) is 4.13. The van der Waals surface area contributed by atoms with Crippen molar-refractivity contribution in [2.75, 3.05) is 25.7 Å². The maximum absolute atomic E-state index is 9.35. The minimum absolute atomic E-state index is 0.548. The Kier molecular flexibility index (Phi) is 12.4. The van der Waals surface area contributed by atoms with E-state index < -0.39 is 6.29 Å². The fraction of sp³-hybridized carbons (Fsp3) is 1.00. The molecule has 0 aliphatic carbocycles. The van der Waals surface area contributed by atoms with Gasteiger partial charge in [0.2, 0.25) is 0 Å². The molecule has 0 aromatic carbocycles. The number of halogens is 1. The van der Waals surface area contributed by atoms with Gasteiger partial charge in [-0.1, -0.05) is 13.3 Å². The number of alkyl halides is 1. The Morgan fingerprint density at radius 2 is 1.87 bits per heavy atom. The smallest absolute Gasteiger partial charge is 0.154 e. The zero-order valence-electron chi connectivity index (χ0n) is 9.58. The first-order valence-corrected chi connectivity index (χ1v) is 6.28. The highest BCUT2D eigenvalue weighted by Gasteiger charge is 2.01. The highest BCUT2D eigenvalue weighted by molar-refractivity contribution is 6.17. The Hall–Kier alpha value is 0.170. The van der Waals surface area contributed by atoms with Gasteiger partial charge in [0, 0.05) is 19.1 Å². The highest BCUT2D eigenvalue weighted by atomic mass is 35.5. The molecule has 0 heterocycles. The first kappa shape index (κ1) is 15.2. The number of hydrogen-bond acceptors (Lipinski definition) is 3. The van der Waals surface area contributed by atoms with Crippen molar-refractivity contribution in [1.82, 2.24) is 0 Å². The van der Waals surface area contributed by atoms with E-state index in [1.54, 1.807) is 0 Å². The zero-order valence-corrected chi connectivity index (χ0v) is 10.3. The van der Waals surface area contributed by atoms with E-state index >= 15 is 0 Å². The Bertz CT molecular complexity index is 122. The van der Waals surface area contributed by atoms with Crippen LogP contribution in [-0.4, -0.2) is 37.1 Å². The van der Waals surface area contributed by atoms with Crippen molar-refractivity contribution in [2.24, 2.45) is 0 Å². The van der Waals surface area contributed by atoms with Crippen molar-refractivity contribution in [3.8, 4) is 0 Å². The molecule has 0 fully saturated rings. The second kappa shape index (κ2) is 12.2. The number of rotatable bonds is 11. The van der Waals surface area contributed by atoms with Gasteiger partial charge in [-0.05, 0) is 25.7 Å². The quantitative estimate of drug-likeness (QED) is 0.342. The molecule has 92 valence electrons. The molecule has 0 radical (unpaired) electrons. The minimum atomic E-state index is -0.589. The molecule has 0 saturated heterocycles. The predicted molar refractivity (Wildman–Crippen MR) is 62.3 cm³/mol. The van der Waals surface area contributed by atoms with Gasteiger partial charge < -0.3 is 14.6 Å². The van der Waals surface area contributed by atoms with E-state index in [4.69, 9.17) is 21.1 Å². The van der Waals surface area contributed by atoms with E-state index in [0.717, 1.165) is 38.7 Å². The van der Waals surface area contributed by atoms with Crippen LogP contribution in [0.5, 0.6) is 0 Å². The van der Waals surface area contributed by atoms with E-state index in [0.29, 0.717) is 19.1 Å². The van der Waals surface area contributed by atoms with Crippen molar-refractivity contribution in [3.63, 3.8) is 0 Å². The molecular weight excluding hydrogens is 216 g/mol. The number of hydrogen-bond donors (Lipinski definition) is 1. The van der Waals surface area contributed by atoms with Gasteiger partial charge in [0.05, 0.1) is 6.61 Å². The molecule has 3 nitrogen and oxygen atoms in total. The van der Waals surface area contributed by atoms with E-state index in [-0.39, 0.29) is 0 Å². The van der Waals surface area contributed by atoms with Crippen LogP contribution < -0.4 is 0 Å². The van der Waals surface area contributed by atoms with Gasteiger partial charge in [0.15, 0.2) is 6.29 Å². The van der Waals surface area contributed by atoms with Gasteiger partial charge in [-0.2, -0.15) is 0 Å². The van der Waals surface area contributed by atoms with E-state index in [1.807, 2.05) is 0 Å². The van der Waals surface area contributed by atoms with E-state index in [9.17, 15) is 5.11 Å². The third-order valence-electron chi connectivity index (χ3n) is 2.02. The van der Waals surface area contributed by atoms with Crippen LogP contribution in [0.15, 0.2) is 0 Å². The van der Waals surface area contributed by atoms with Gasteiger partial charge in [-0.25, -0.2) is 0 Å². The van der Waals surface area contributed by atoms with Crippen LogP contribution in [0.1, 0.15) is 39.0 Å². The summed E-state index contributed by atoms with van der Waals surface area (Å²) in [5.41, 5.74) is 0. The lowest BCUT2D eigenvalue weighted by atomic mass is 10.2. The fourth-order valence-corrected chi connectivity index (χ4v) is 1.25. The molecule has 4 heteroatoms. The van der Waals surface area contributed by atoms with E-state index in [1.165, 1.54) is 0 Å². The average Bonchev–Trinajstić information content (AvgIpc) is 2.25. The number of aliphatic hydroxyl groups is 1. The summed E-state index contributed by atoms with van der Waals surface area (Å²) < 4.78 is 10.4. The summed E-state index contributed by atoms with van der Waals surface area (Å²) in [6, 6.07) is 0. The van der Waals surface area contributed by atoms with Crippen LogP contribution in [0.2, 0.25) is 0 Å². The van der Waals surface area contributed by atoms with Gasteiger partial charge in [0.1, 0.15) is 0 Å². The molecule has 0 saturated carbocycles. The summed E-state index contributed by atoms with van der Waals surface area (Å²) in [6.45, 7) is 4.04. The average molecular weight is 239 g/mol. The number of aliphatic hydroxyl groups excluding tert-OH is 1. The first-order valence-electron chi connectivity index (χ1n) is 5.74.